The van der Waals surface area contributed by atoms with E-state index in [4.69, 9.17) is 0 Å². The van der Waals surface area contributed by atoms with Crippen LogP contribution in [0.3, 0.4) is 0 Å². The van der Waals surface area contributed by atoms with Gasteiger partial charge in [-0.2, -0.15) is 4.98 Å². The molecule has 2 aromatic heterocycles. The number of aliphatic hydroxyl groups is 1. The van der Waals surface area contributed by atoms with E-state index in [1.165, 1.54) is 11.6 Å². The Morgan fingerprint density at radius 3 is 2.48 bits per heavy atom. The second kappa shape index (κ2) is 7.69. The SMILES string of the molecule is C[C@H](CCO)Nc1nc2c(c(=O)n(C)c(=O)n2C)n1Cc1ccc(Br)cc1. The van der Waals surface area contributed by atoms with E-state index in [0.29, 0.717) is 30.1 Å². The molecule has 0 aliphatic carbocycles. The van der Waals surface area contributed by atoms with E-state index in [2.05, 4.69) is 26.2 Å². The first-order chi connectivity index (χ1) is 12.8. The third kappa shape index (κ3) is 3.70. The van der Waals surface area contributed by atoms with Crippen LogP contribution in [0.2, 0.25) is 0 Å². The average Bonchev–Trinajstić information content (AvgIpc) is 2.98. The molecule has 1 aromatic carbocycles. The zero-order valence-corrected chi connectivity index (χ0v) is 17.0. The van der Waals surface area contributed by atoms with Crippen molar-refractivity contribution in [3.63, 3.8) is 0 Å². The van der Waals surface area contributed by atoms with Gasteiger partial charge in [-0.25, -0.2) is 4.79 Å². The predicted octanol–water partition coefficient (Wildman–Crippen LogP) is 1.43. The highest BCUT2D eigenvalue weighted by atomic mass is 79.9. The molecule has 8 nitrogen and oxygen atoms in total. The summed E-state index contributed by atoms with van der Waals surface area (Å²) in [5.74, 6) is 0.493. The molecule has 27 heavy (non-hydrogen) atoms. The van der Waals surface area contributed by atoms with Gasteiger partial charge in [0.05, 0.1) is 6.54 Å². The number of benzene rings is 1. The molecular weight excluding hydrogens is 414 g/mol. The van der Waals surface area contributed by atoms with Crippen molar-refractivity contribution >= 4 is 33.0 Å². The van der Waals surface area contributed by atoms with Crippen LogP contribution in [0.4, 0.5) is 5.95 Å². The van der Waals surface area contributed by atoms with Gasteiger partial charge in [0.2, 0.25) is 5.95 Å². The number of nitrogens with zero attached hydrogens (tertiary/aromatic N) is 4. The van der Waals surface area contributed by atoms with Gasteiger partial charge in [0, 0.05) is 31.2 Å². The fourth-order valence-electron chi connectivity index (χ4n) is 2.97. The summed E-state index contributed by atoms with van der Waals surface area (Å²) in [7, 11) is 3.06. The van der Waals surface area contributed by atoms with E-state index in [-0.39, 0.29) is 18.2 Å². The standard InChI is InChI=1S/C18H22BrN5O3/c1-11(8-9-25)20-17-21-15-14(16(26)23(3)18(27)22(15)2)24(17)10-12-4-6-13(19)7-5-12/h4-7,11,25H,8-10H2,1-3H3,(H,20,21)/t11-/m1/s1. The topological polar surface area (TPSA) is 94.1 Å². The number of nitrogens with one attached hydrogen (secondary N) is 1. The van der Waals surface area contributed by atoms with Gasteiger partial charge in [0.25, 0.3) is 5.56 Å². The quantitative estimate of drug-likeness (QED) is 0.610. The van der Waals surface area contributed by atoms with Crippen molar-refractivity contribution in [1.29, 1.82) is 0 Å². The van der Waals surface area contributed by atoms with Crippen LogP contribution >= 0.6 is 15.9 Å². The summed E-state index contributed by atoms with van der Waals surface area (Å²) in [6.45, 7) is 2.39. The lowest BCUT2D eigenvalue weighted by atomic mass is 10.2. The van der Waals surface area contributed by atoms with Crippen molar-refractivity contribution in [2.24, 2.45) is 14.1 Å². The lowest BCUT2D eigenvalue weighted by Crippen LogP contribution is -2.37. The second-order valence-corrected chi connectivity index (χ2v) is 7.50. The molecule has 0 saturated heterocycles. The third-order valence-electron chi connectivity index (χ3n) is 4.54. The van der Waals surface area contributed by atoms with Crippen molar-refractivity contribution in [1.82, 2.24) is 18.7 Å². The average molecular weight is 436 g/mol. The summed E-state index contributed by atoms with van der Waals surface area (Å²) in [6, 6.07) is 7.75. The molecule has 0 radical (unpaired) electrons. The lowest BCUT2D eigenvalue weighted by Gasteiger charge is -2.15. The summed E-state index contributed by atoms with van der Waals surface area (Å²) in [5, 5.41) is 12.4. The Kier molecular flexibility index (Phi) is 5.52. The minimum atomic E-state index is -0.421. The smallest absolute Gasteiger partial charge is 0.332 e. The molecule has 2 heterocycles. The normalized spacial score (nSPS) is 12.5. The molecular formula is C18H22BrN5O3. The van der Waals surface area contributed by atoms with Gasteiger partial charge in [0.1, 0.15) is 0 Å². The van der Waals surface area contributed by atoms with Crippen molar-refractivity contribution in [3.8, 4) is 0 Å². The van der Waals surface area contributed by atoms with E-state index in [0.717, 1.165) is 14.6 Å². The molecule has 2 N–H and O–H groups in total. The van der Waals surface area contributed by atoms with Crippen molar-refractivity contribution < 1.29 is 5.11 Å². The first-order valence-corrected chi connectivity index (χ1v) is 9.41. The van der Waals surface area contributed by atoms with Crippen LogP contribution in [0.25, 0.3) is 11.2 Å². The van der Waals surface area contributed by atoms with Gasteiger partial charge >= 0.3 is 5.69 Å². The maximum absolute atomic E-state index is 12.8. The second-order valence-electron chi connectivity index (χ2n) is 6.58. The highest BCUT2D eigenvalue weighted by Crippen LogP contribution is 2.20. The molecule has 144 valence electrons. The number of rotatable bonds is 6. The van der Waals surface area contributed by atoms with Gasteiger partial charge in [-0.15, -0.1) is 0 Å². The molecule has 0 saturated carbocycles. The van der Waals surface area contributed by atoms with E-state index in [1.807, 2.05) is 31.2 Å². The lowest BCUT2D eigenvalue weighted by molar-refractivity contribution is 0.282. The third-order valence-corrected chi connectivity index (χ3v) is 5.07. The first kappa shape index (κ1) is 19.4. The monoisotopic (exact) mass is 435 g/mol. The summed E-state index contributed by atoms with van der Waals surface area (Å²) in [5.41, 5.74) is 0.878. The minimum absolute atomic E-state index is 0.0430. The number of imidazole rings is 1. The summed E-state index contributed by atoms with van der Waals surface area (Å²) in [6.07, 6.45) is 0.540. The number of aryl methyl sites for hydroxylation is 1. The molecule has 0 unspecified atom stereocenters. The highest BCUT2D eigenvalue weighted by molar-refractivity contribution is 9.10. The van der Waals surface area contributed by atoms with Crippen LogP contribution in [-0.2, 0) is 20.6 Å². The Labute approximate surface area is 164 Å². The fraction of sp³-hybridized carbons (Fsp3) is 0.389. The maximum atomic E-state index is 12.8. The Morgan fingerprint density at radius 1 is 1.19 bits per heavy atom. The molecule has 3 aromatic rings. The summed E-state index contributed by atoms with van der Waals surface area (Å²) < 4.78 is 5.21. The number of hydrogen-bond donors (Lipinski definition) is 2. The molecule has 0 bridgehead atoms. The van der Waals surface area contributed by atoms with Crippen LogP contribution in [0.5, 0.6) is 0 Å². The van der Waals surface area contributed by atoms with Crippen LogP contribution in [-0.4, -0.2) is 36.4 Å². The van der Waals surface area contributed by atoms with Gasteiger partial charge in [-0.1, -0.05) is 28.1 Å². The van der Waals surface area contributed by atoms with Crippen molar-refractivity contribution in [2.45, 2.75) is 25.9 Å². The molecule has 3 rings (SSSR count). The van der Waals surface area contributed by atoms with E-state index in [9.17, 15) is 14.7 Å². The Balaban J connectivity index is 2.21. The highest BCUT2D eigenvalue weighted by Gasteiger charge is 2.20. The number of anilines is 1. The molecule has 0 spiro atoms. The number of halogens is 1. The van der Waals surface area contributed by atoms with E-state index >= 15 is 0 Å². The van der Waals surface area contributed by atoms with Crippen molar-refractivity contribution in [2.75, 3.05) is 11.9 Å². The molecule has 0 fully saturated rings. The van der Waals surface area contributed by atoms with Gasteiger partial charge in [0.15, 0.2) is 11.2 Å². The Bertz CT molecular complexity index is 1080. The number of aliphatic hydroxyl groups excluding tert-OH is 1. The molecule has 0 amide bonds. The summed E-state index contributed by atoms with van der Waals surface area (Å²) in [4.78, 5) is 29.6. The zero-order valence-electron chi connectivity index (χ0n) is 15.4. The van der Waals surface area contributed by atoms with Gasteiger partial charge in [-0.3, -0.25) is 18.5 Å². The first-order valence-electron chi connectivity index (χ1n) is 8.61. The van der Waals surface area contributed by atoms with E-state index in [1.54, 1.807) is 11.6 Å². The predicted molar refractivity (Wildman–Crippen MR) is 108 cm³/mol. The van der Waals surface area contributed by atoms with Gasteiger partial charge < -0.3 is 10.4 Å². The fourth-order valence-corrected chi connectivity index (χ4v) is 3.23. The van der Waals surface area contributed by atoms with Crippen LogP contribution in [0, 0.1) is 0 Å². The van der Waals surface area contributed by atoms with Crippen LogP contribution < -0.4 is 16.6 Å². The largest absolute Gasteiger partial charge is 0.396 e. The number of hydrogen-bond acceptors (Lipinski definition) is 5. The Morgan fingerprint density at radius 2 is 1.85 bits per heavy atom. The van der Waals surface area contributed by atoms with E-state index < -0.39 is 5.69 Å². The Hall–Kier alpha value is -2.39. The molecule has 9 heteroatoms. The summed E-state index contributed by atoms with van der Waals surface area (Å²) >= 11 is 3.42. The number of fused-ring (bicyclic) bond motifs is 1. The minimum Gasteiger partial charge on any atom is -0.396 e. The maximum Gasteiger partial charge on any atom is 0.332 e. The molecule has 0 aliphatic heterocycles. The van der Waals surface area contributed by atoms with Crippen LogP contribution in [0.15, 0.2) is 38.3 Å². The molecule has 0 aliphatic rings. The van der Waals surface area contributed by atoms with Crippen molar-refractivity contribution in [3.05, 3.63) is 55.1 Å². The van der Waals surface area contributed by atoms with Crippen LogP contribution in [0.1, 0.15) is 18.9 Å². The number of aromatic nitrogens is 4. The van der Waals surface area contributed by atoms with Gasteiger partial charge in [-0.05, 0) is 31.0 Å². The zero-order chi connectivity index (χ0) is 19.7. The molecule has 1 atom stereocenters.